The first-order chi connectivity index (χ1) is 7.75. The quantitative estimate of drug-likeness (QED) is 0.656. The number of rotatable bonds is 1. The zero-order valence-corrected chi connectivity index (χ0v) is 9.31. The number of hydrogen-bond donors (Lipinski definition) is 1. The maximum atomic E-state index is 13.1. The van der Waals surface area contributed by atoms with Gasteiger partial charge in [0.1, 0.15) is 5.52 Å². The van der Waals surface area contributed by atoms with Gasteiger partial charge in [-0.25, -0.2) is 9.97 Å². The van der Waals surface area contributed by atoms with Crippen molar-refractivity contribution in [2.24, 2.45) is 0 Å². The van der Waals surface area contributed by atoms with Gasteiger partial charge in [0.25, 0.3) is 0 Å². The van der Waals surface area contributed by atoms with Gasteiger partial charge < -0.3 is 4.98 Å². The molecule has 0 amide bonds. The number of thiazole rings is 1. The summed E-state index contributed by atoms with van der Waals surface area (Å²) in [6.45, 7) is 1.99. The smallest absolute Gasteiger partial charge is 0.213 e. The number of H-pyrrole nitrogens is 1. The van der Waals surface area contributed by atoms with Gasteiger partial charge in [0.2, 0.25) is 5.95 Å². The van der Waals surface area contributed by atoms with Crippen LogP contribution in [-0.2, 0) is 0 Å². The molecule has 16 heavy (non-hydrogen) atoms. The van der Waals surface area contributed by atoms with Crippen LogP contribution >= 0.6 is 11.3 Å². The van der Waals surface area contributed by atoms with Gasteiger partial charge in [0, 0.05) is 16.6 Å². The van der Waals surface area contributed by atoms with Crippen molar-refractivity contribution in [2.45, 2.75) is 6.92 Å². The maximum absolute atomic E-state index is 13.1. The minimum Gasteiger partial charge on any atom is -0.359 e. The van der Waals surface area contributed by atoms with E-state index >= 15 is 0 Å². The second-order valence-corrected chi connectivity index (χ2v) is 4.55. The minimum absolute atomic E-state index is 0.471. The van der Waals surface area contributed by atoms with E-state index in [2.05, 4.69) is 15.0 Å². The van der Waals surface area contributed by atoms with Gasteiger partial charge in [0.15, 0.2) is 0 Å². The lowest BCUT2D eigenvalue weighted by Crippen LogP contribution is -1.84. The average Bonchev–Trinajstić information content (AvgIpc) is 2.83. The lowest BCUT2D eigenvalue weighted by molar-refractivity contribution is 0.589. The van der Waals surface area contributed by atoms with E-state index < -0.39 is 5.95 Å². The summed E-state index contributed by atoms with van der Waals surface area (Å²) >= 11 is 1.57. The fourth-order valence-corrected chi connectivity index (χ4v) is 2.31. The van der Waals surface area contributed by atoms with E-state index in [4.69, 9.17) is 0 Å². The Morgan fingerprint density at radius 3 is 3.00 bits per heavy atom. The van der Waals surface area contributed by atoms with Crippen LogP contribution in [0.3, 0.4) is 0 Å². The zero-order chi connectivity index (χ0) is 11.1. The second kappa shape index (κ2) is 3.38. The van der Waals surface area contributed by atoms with E-state index in [0.29, 0.717) is 5.52 Å². The molecule has 80 valence electrons. The Morgan fingerprint density at radius 1 is 1.38 bits per heavy atom. The van der Waals surface area contributed by atoms with Crippen LogP contribution < -0.4 is 0 Å². The molecule has 0 fully saturated rings. The molecule has 0 aliphatic rings. The zero-order valence-electron chi connectivity index (χ0n) is 8.49. The highest BCUT2D eigenvalue weighted by molar-refractivity contribution is 7.10. The molecule has 3 nitrogen and oxygen atoms in total. The third-order valence-corrected chi connectivity index (χ3v) is 3.25. The summed E-state index contributed by atoms with van der Waals surface area (Å²) in [5.41, 5.74) is 4.96. The van der Waals surface area contributed by atoms with Crippen molar-refractivity contribution in [2.75, 3.05) is 0 Å². The molecular weight excluding hydrogens is 225 g/mol. The van der Waals surface area contributed by atoms with Gasteiger partial charge >= 0.3 is 0 Å². The van der Waals surface area contributed by atoms with E-state index in [1.165, 1.54) is 6.07 Å². The van der Waals surface area contributed by atoms with Gasteiger partial charge in [-0.05, 0) is 19.1 Å². The largest absolute Gasteiger partial charge is 0.359 e. The normalized spacial score (nSPS) is 11.1. The van der Waals surface area contributed by atoms with Crippen LogP contribution in [0.2, 0.25) is 0 Å². The summed E-state index contributed by atoms with van der Waals surface area (Å²) in [6.07, 6.45) is 1.82. The molecule has 0 radical (unpaired) electrons. The predicted molar refractivity (Wildman–Crippen MR) is 61.9 cm³/mol. The number of aryl methyl sites for hydroxylation is 1. The average molecular weight is 233 g/mol. The number of fused-ring (bicyclic) bond motifs is 1. The number of aromatic nitrogens is 3. The van der Waals surface area contributed by atoms with E-state index in [-0.39, 0.29) is 0 Å². The van der Waals surface area contributed by atoms with Crippen LogP contribution in [0.5, 0.6) is 0 Å². The van der Waals surface area contributed by atoms with E-state index in [1.54, 1.807) is 22.9 Å². The standard InChI is InChI=1S/C11H8FN3S/c1-6-10(14-5-16-6)7-4-13-8-2-3-9(12)15-11(7)8/h2-5,13H,1H3. The molecule has 0 unspecified atom stereocenters. The predicted octanol–water partition coefficient (Wildman–Crippen LogP) is 3.13. The molecule has 0 saturated carbocycles. The highest BCUT2D eigenvalue weighted by Crippen LogP contribution is 2.30. The highest BCUT2D eigenvalue weighted by Gasteiger charge is 2.12. The maximum Gasteiger partial charge on any atom is 0.213 e. The Kier molecular flexibility index (Phi) is 2.00. The highest BCUT2D eigenvalue weighted by atomic mass is 32.1. The Labute approximate surface area is 95.0 Å². The second-order valence-electron chi connectivity index (χ2n) is 3.49. The van der Waals surface area contributed by atoms with Crippen molar-refractivity contribution >= 4 is 22.4 Å². The summed E-state index contributed by atoms with van der Waals surface area (Å²) in [4.78, 5) is 12.3. The van der Waals surface area contributed by atoms with Gasteiger partial charge in [-0.15, -0.1) is 11.3 Å². The molecule has 0 bridgehead atoms. The van der Waals surface area contributed by atoms with Crippen LogP contribution in [0.15, 0.2) is 23.8 Å². The summed E-state index contributed by atoms with van der Waals surface area (Å²) in [5, 5.41) is 0. The molecule has 1 N–H and O–H groups in total. The number of aromatic amines is 1. The van der Waals surface area contributed by atoms with Gasteiger partial charge in [-0.3, -0.25) is 0 Å². The van der Waals surface area contributed by atoms with E-state index in [1.807, 2.05) is 13.1 Å². The molecule has 3 aromatic heterocycles. The lowest BCUT2D eigenvalue weighted by atomic mass is 10.2. The van der Waals surface area contributed by atoms with Crippen LogP contribution in [0.4, 0.5) is 4.39 Å². The van der Waals surface area contributed by atoms with Crippen LogP contribution in [0, 0.1) is 12.9 Å². The fraction of sp³-hybridized carbons (Fsp3) is 0.0909. The van der Waals surface area contributed by atoms with Crippen LogP contribution in [0.25, 0.3) is 22.3 Å². The van der Waals surface area contributed by atoms with Crippen molar-refractivity contribution < 1.29 is 4.39 Å². The van der Waals surface area contributed by atoms with E-state index in [0.717, 1.165) is 21.7 Å². The molecule has 0 aliphatic heterocycles. The van der Waals surface area contributed by atoms with Crippen molar-refractivity contribution in [1.29, 1.82) is 0 Å². The van der Waals surface area contributed by atoms with Crippen molar-refractivity contribution in [3.63, 3.8) is 0 Å². The number of pyridine rings is 1. The molecule has 0 aromatic carbocycles. The third-order valence-electron chi connectivity index (χ3n) is 2.49. The molecule has 3 heterocycles. The van der Waals surface area contributed by atoms with Crippen molar-refractivity contribution in [3.05, 3.63) is 34.7 Å². The van der Waals surface area contributed by atoms with Crippen LogP contribution in [0.1, 0.15) is 4.88 Å². The fourth-order valence-electron chi connectivity index (χ4n) is 1.72. The minimum atomic E-state index is -0.471. The topological polar surface area (TPSA) is 41.6 Å². The SMILES string of the molecule is Cc1scnc1-c1c[nH]c2ccc(F)nc12. The molecule has 3 aromatic rings. The molecule has 0 saturated heterocycles. The molecule has 3 rings (SSSR count). The summed E-state index contributed by atoms with van der Waals surface area (Å²) in [6, 6.07) is 3.03. The molecule has 5 heteroatoms. The number of nitrogens with zero attached hydrogens (tertiary/aromatic N) is 2. The lowest BCUT2D eigenvalue weighted by Gasteiger charge is -1.95. The van der Waals surface area contributed by atoms with Gasteiger partial charge in [-0.1, -0.05) is 0 Å². The number of nitrogens with one attached hydrogen (secondary N) is 1. The monoisotopic (exact) mass is 233 g/mol. The van der Waals surface area contributed by atoms with Gasteiger partial charge in [0.05, 0.1) is 16.7 Å². The van der Waals surface area contributed by atoms with Crippen molar-refractivity contribution in [3.8, 4) is 11.3 Å². The third kappa shape index (κ3) is 1.32. The Bertz CT molecular complexity index is 656. The van der Waals surface area contributed by atoms with E-state index in [9.17, 15) is 4.39 Å². The Morgan fingerprint density at radius 2 is 2.25 bits per heavy atom. The molecule has 0 spiro atoms. The number of hydrogen-bond acceptors (Lipinski definition) is 3. The summed E-state index contributed by atoms with van der Waals surface area (Å²) in [7, 11) is 0. The van der Waals surface area contributed by atoms with Crippen LogP contribution in [-0.4, -0.2) is 15.0 Å². The first kappa shape index (κ1) is 9.47. The Balaban J connectivity index is 2.32. The summed E-state index contributed by atoms with van der Waals surface area (Å²) < 4.78 is 13.1. The first-order valence-electron chi connectivity index (χ1n) is 4.80. The molecule has 0 atom stereocenters. The van der Waals surface area contributed by atoms with Crippen molar-refractivity contribution in [1.82, 2.24) is 15.0 Å². The molecule has 0 aliphatic carbocycles. The Hall–Kier alpha value is -1.75. The summed E-state index contributed by atoms with van der Waals surface area (Å²) in [5.74, 6) is -0.471. The first-order valence-corrected chi connectivity index (χ1v) is 5.68. The molecular formula is C11H8FN3S. The van der Waals surface area contributed by atoms with Gasteiger partial charge in [-0.2, -0.15) is 4.39 Å². The number of halogens is 1.